The summed E-state index contributed by atoms with van der Waals surface area (Å²) in [6.07, 6.45) is -4.01. The number of ether oxygens (including phenoxy) is 1. The number of benzene rings is 1. The minimum Gasteiger partial charge on any atom is -0.410 e. The molecular weight excluding hydrogens is 669 g/mol. The van der Waals surface area contributed by atoms with Gasteiger partial charge in [0.2, 0.25) is 5.91 Å². The fraction of sp³-hybridized carbons (Fsp3) is 0.259. The number of amides is 3. The summed E-state index contributed by atoms with van der Waals surface area (Å²) in [5.41, 5.74) is 5.90. The molecule has 47 heavy (non-hydrogen) atoms. The summed E-state index contributed by atoms with van der Waals surface area (Å²) in [4.78, 5) is 77.7. The number of halogens is 3. The van der Waals surface area contributed by atoms with Crippen molar-refractivity contribution in [1.29, 1.82) is 0 Å². The predicted octanol–water partition coefficient (Wildman–Crippen LogP) is 1.42. The molecule has 0 aliphatic carbocycles. The summed E-state index contributed by atoms with van der Waals surface area (Å²) >= 11 is 1.99. The number of rotatable bonds is 7. The first-order valence-electron chi connectivity index (χ1n) is 13.5. The number of carbonyl (C=O) groups is 5. The first-order chi connectivity index (χ1) is 22.3. The number of nitrogens with two attached hydrogens (primary N) is 1. The van der Waals surface area contributed by atoms with Gasteiger partial charge in [0.05, 0.1) is 17.6 Å². The van der Waals surface area contributed by atoms with Crippen molar-refractivity contribution in [3.63, 3.8) is 0 Å². The van der Waals surface area contributed by atoms with E-state index in [9.17, 15) is 42.4 Å². The standard InChI is InChI=1S/C27H21F3N8O7S2/c28-27(29,30)25(43)45-24(42)19-12(7-11-5-6-37(21(11)40)8-16-32-13-3-1-2-4-14(13)33-16)9-46-23-18(22(41)38(19)23)35-20(39)17(36-44)15-10-47-26(31)34-15/h1-4,7,10,18,23,44H,5-6,8-9H2,(H2,31,34)(H,32,33)(H,35,39)/b11-7?,36-17-/t18-,23-/m1/s1. The van der Waals surface area contributed by atoms with Crippen molar-refractivity contribution >= 4 is 74.6 Å². The molecule has 20 heteroatoms. The number of thiazole rings is 1. The minimum absolute atomic E-state index is 0.0335. The second kappa shape index (κ2) is 12.2. The maximum atomic E-state index is 13.3. The van der Waals surface area contributed by atoms with E-state index in [2.05, 4.69) is 30.2 Å². The number of likely N-dealkylation sites (tertiary alicyclic amines) is 1. The monoisotopic (exact) mass is 690 g/mol. The number of nitrogen functional groups attached to an aromatic ring is 1. The number of nitrogens with one attached hydrogen (secondary N) is 2. The normalized spacial score (nSPS) is 20.9. The van der Waals surface area contributed by atoms with Crippen LogP contribution in [0.4, 0.5) is 18.3 Å². The van der Waals surface area contributed by atoms with E-state index in [-0.39, 0.29) is 47.2 Å². The van der Waals surface area contributed by atoms with Gasteiger partial charge in [-0.2, -0.15) is 13.2 Å². The van der Waals surface area contributed by atoms with Crippen LogP contribution in [0.25, 0.3) is 11.0 Å². The topological polar surface area (TPSA) is 213 Å². The number of allylic oxidation sites excluding steroid dienone is 1. The highest BCUT2D eigenvalue weighted by Crippen LogP contribution is 2.42. The van der Waals surface area contributed by atoms with Crippen LogP contribution in [0, 0.1) is 0 Å². The molecule has 0 unspecified atom stereocenters. The van der Waals surface area contributed by atoms with Crippen molar-refractivity contribution in [2.24, 2.45) is 5.16 Å². The molecule has 2 atom stereocenters. The number of carbonyl (C=O) groups excluding carboxylic acids is 5. The Kier molecular flexibility index (Phi) is 8.22. The second-order valence-corrected chi connectivity index (χ2v) is 12.3. The molecule has 2 fully saturated rings. The summed E-state index contributed by atoms with van der Waals surface area (Å²) in [6, 6.07) is 5.97. The van der Waals surface area contributed by atoms with Crippen LogP contribution in [0.3, 0.4) is 0 Å². The van der Waals surface area contributed by atoms with Gasteiger partial charge in [0, 0.05) is 23.3 Å². The molecule has 0 saturated carbocycles. The molecule has 1 aromatic carbocycles. The van der Waals surface area contributed by atoms with Crippen LogP contribution in [0.5, 0.6) is 0 Å². The van der Waals surface area contributed by atoms with Gasteiger partial charge in [-0.1, -0.05) is 17.3 Å². The lowest BCUT2D eigenvalue weighted by molar-refractivity contribution is -0.201. The molecule has 0 spiro atoms. The third-order valence-corrected chi connectivity index (χ3v) is 9.29. The number of para-hydroxylation sites is 2. The third kappa shape index (κ3) is 6.03. The first-order valence-corrected chi connectivity index (χ1v) is 15.5. The van der Waals surface area contributed by atoms with E-state index in [1.807, 2.05) is 18.2 Å². The molecule has 3 aromatic rings. The molecule has 3 aliphatic heterocycles. The number of anilines is 1. The lowest BCUT2D eigenvalue weighted by Gasteiger charge is -2.49. The Bertz CT molecular complexity index is 1900. The average Bonchev–Trinajstić information content (AvgIpc) is 3.74. The van der Waals surface area contributed by atoms with Crippen LogP contribution >= 0.6 is 23.1 Å². The van der Waals surface area contributed by atoms with E-state index in [4.69, 9.17) is 5.73 Å². The minimum atomic E-state index is -5.51. The lowest BCUT2D eigenvalue weighted by atomic mass is 10.0. The smallest absolute Gasteiger partial charge is 0.410 e. The van der Waals surface area contributed by atoms with Gasteiger partial charge in [-0.05, 0) is 30.2 Å². The van der Waals surface area contributed by atoms with Gasteiger partial charge in [0.1, 0.15) is 28.6 Å². The quantitative estimate of drug-likeness (QED) is 0.0529. The Morgan fingerprint density at radius 1 is 1.23 bits per heavy atom. The molecule has 6 rings (SSSR count). The Labute approximate surface area is 269 Å². The fourth-order valence-electron chi connectivity index (χ4n) is 5.18. The zero-order valence-electron chi connectivity index (χ0n) is 23.6. The molecule has 3 amide bonds. The number of thioether (sulfide) groups is 1. The van der Waals surface area contributed by atoms with Crippen LogP contribution in [0.1, 0.15) is 17.9 Å². The number of β-lactam (4-membered cyclic amide) rings is 1. The van der Waals surface area contributed by atoms with Crippen LogP contribution < -0.4 is 11.1 Å². The Hall–Kier alpha value is -5.24. The molecule has 2 aromatic heterocycles. The first kappa shape index (κ1) is 31.7. The van der Waals surface area contributed by atoms with E-state index in [1.165, 1.54) is 16.4 Å². The van der Waals surface area contributed by atoms with Gasteiger partial charge in [-0.15, -0.1) is 23.1 Å². The van der Waals surface area contributed by atoms with Crippen LogP contribution in [-0.2, 0) is 35.3 Å². The summed E-state index contributed by atoms with van der Waals surface area (Å²) < 4.78 is 43.0. The fourth-order valence-corrected chi connectivity index (χ4v) is 7.03. The number of hydrogen-bond donors (Lipinski definition) is 4. The van der Waals surface area contributed by atoms with Crippen molar-refractivity contribution in [3.8, 4) is 0 Å². The van der Waals surface area contributed by atoms with Crippen molar-refractivity contribution in [3.05, 3.63) is 64.1 Å². The highest BCUT2D eigenvalue weighted by atomic mass is 32.2. The number of alkyl halides is 3. The number of hydrogen-bond acceptors (Lipinski definition) is 13. The molecule has 0 radical (unpaired) electrons. The predicted molar refractivity (Wildman–Crippen MR) is 158 cm³/mol. The van der Waals surface area contributed by atoms with Crippen LogP contribution in [-0.4, -0.2) is 95.2 Å². The van der Waals surface area contributed by atoms with E-state index >= 15 is 0 Å². The molecule has 244 valence electrons. The van der Waals surface area contributed by atoms with Crippen LogP contribution in [0.15, 0.2) is 57.7 Å². The van der Waals surface area contributed by atoms with Crippen molar-refractivity contribution in [2.45, 2.75) is 30.6 Å². The number of fused-ring (bicyclic) bond motifs is 2. The molecular formula is C27H21F3N8O7S2. The molecule has 5 heterocycles. The number of nitrogens with zero attached hydrogens (tertiary/aromatic N) is 5. The molecule has 5 N–H and O–H groups in total. The largest absolute Gasteiger partial charge is 0.491 e. The lowest BCUT2D eigenvalue weighted by Crippen LogP contribution is -2.71. The van der Waals surface area contributed by atoms with Gasteiger partial charge in [0.15, 0.2) is 10.8 Å². The van der Waals surface area contributed by atoms with E-state index in [0.717, 1.165) is 33.5 Å². The molecule has 15 nitrogen and oxygen atoms in total. The summed E-state index contributed by atoms with van der Waals surface area (Å²) in [7, 11) is 0. The molecule has 2 saturated heterocycles. The maximum absolute atomic E-state index is 13.3. The van der Waals surface area contributed by atoms with Gasteiger partial charge in [-0.3, -0.25) is 19.3 Å². The number of oxime groups is 1. The van der Waals surface area contributed by atoms with Gasteiger partial charge in [-0.25, -0.2) is 19.6 Å². The van der Waals surface area contributed by atoms with Crippen molar-refractivity contribution < 1.29 is 47.1 Å². The number of aromatic nitrogens is 3. The van der Waals surface area contributed by atoms with E-state index < -0.39 is 58.7 Å². The van der Waals surface area contributed by atoms with Crippen molar-refractivity contribution in [2.75, 3.05) is 18.0 Å². The van der Waals surface area contributed by atoms with E-state index in [1.54, 1.807) is 6.07 Å². The third-order valence-electron chi connectivity index (χ3n) is 7.31. The van der Waals surface area contributed by atoms with E-state index in [0.29, 0.717) is 11.3 Å². The summed E-state index contributed by atoms with van der Waals surface area (Å²) in [5.74, 6) is -6.53. The zero-order chi connectivity index (χ0) is 33.6. The number of esters is 2. The summed E-state index contributed by atoms with van der Waals surface area (Å²) in [5, 5.41) is 15.0. The Morgan fingerprint density at radius 3 is 2.68 bits per heavy atom. The maximum Gasteiger partial charge on any atom is 0.491 e. The Morgan fingerprint density at radius 2 is 2.00 bits per heavy atom. The van der Waals surface area contributed by atoms with Crippen LogP contribution in [0.2, 0.25) is 0 Å². The zero-order valence-corrected chi connectivity index (χ0v) is 25.2. The number of H-pyrrole nitrogens is 1. The second-order valence-electron chi connectivity index (χ2n) is 10.3. The Balaban J connectivity index is 1.25. The average molecular weight is 691 g/mol. The summed E-state index contributed by atoms with van der Waals surface area (Å²) in [6.45, 7) is 0.404. The van der Waals surface area contributed by atoms with Gasteiger partial charge < -0.3 is 30.9 Å². The van der Waals surface area contributed by atoms with Crippen molar-refractivity contribution in [1.82, 2.24) is 30.1 Å². The van der Waals surface area contributed by atoms with Gasteiger partial charge >= 0.3 is 18.1 Å². The highest BCUT2D eigenvalue weighted by Gasteiger charge is 2.55. The highest BCUT2D eigenvalue weighted by molar-refractivity contribution is 8.00. The number of imidazole rings is 1. The number of aromatic amines is 1. The molecule has 3 aliphatic rings. The van der Waals surface area contributed by atoms with Gasteiger partial charge in [0.25, 0.3) is 11.8 Å². The molecule has 0 bridgehead atoms. The SMILES string of the molecule is Nc1nc(/C(=N/O)C(=O)N[C@@H]2C(=O)N3C(C(=O)OC(=O)C(F)(F)F)=C(C=C4CCN(Cc5nc6ccccc6[nH]5)C4=O)CS[C@H]23)cs1.